The standard InChI is InChI=1S/C19H17ClN2O2S/c1-22(10-11-24-16-8-3-2-4-9-16)19(23)17-13-25-18(21-17)14-6-5-7-15(20)12-14/h2-9,12-13H,10-11H2,1H3. The number of aromatic nitrogens is 1. The first-order valence-electron chi connectivity index (χ1n) is 7.78. The molecule has 0 unspecified atom stereocenters. The second kappa shape index (κ2) is 8.14. The molecule has 0 bridgehead atoms. The molecule has 1 heterocycles. The van der Waals surface area contributed by atoms with E-state index in [1.807, 2.05) is 54.6 Å². The van der Waals surface area contributed by atoms with Gasteiger partial charge in [-0.15, -0.1) is 11.3 Å². The van der Waals surface area contributed by atoms with Crippen LogP contribution >= 0.6 is 22.9 Å². The molecule has 0 aliphatic carbocycles. The third kappa shape index (κ3) is 4.59. The number of para-hydroxylation sites is 1. The molecule has 3 aromatic rings. The predicted molar refractivity (Wildman–Crippen MR) is 101 cm³/mol. The second-order valence-electron chi connectivity index (χ2n) is 5.44. The molecule has 0 N–H and O–H groups in total. The van der Waals surface area contributed by atoms with Gasteiger partial charge in [-0.3, -0.25) is 4.79 Å². The fourth-order valence-corrected chi connectivity index (χ4v) is 3.22. The minimum Gasteiger partial charge on any atom is -0.492 e. The number of likely N-dealkylation sites (N-methyl/N-ethyl adjacent to an activating group) is 1. The monoisotopic (exact) mass is 372 g/mol. The molecule has 3 rings (SSSR count). The molecular weight excluding hydrogens is 356 g/mol. The Morgan fingerprint density at radius 3 is 2.76 bits per heavy atom. The van der Waals surface area contributed by atoms with Gasteiger partial charge >= 0.3 is 0 Å². The lowest BCUT2D eigenvalue weighted by Gasteiger charge is -2.16. The smallest absolute Gasteiger partial charge is 0.273 e. The summed E-state index contributed by atoms with van der Waals surface area (Å²) in [6.45, 7) is 0.912. The Morgan fingerprint density at radius 2 is 2.00 bits per heavy atom. The van der Waals surface area contributed by atoms with Crippen molar-refractivity contribution in [2.24, 2.45) is 0 Å². The molecule has 0 atom stereocenters. The van der Waals surface area contributed by atoms with Crippen LogP contribution in [0.4, 0.5) is 0 Å². The van der Waals surface area contributed by atoms with Crippen LogP contribution in [0.3, 0.4) is 0 Å². The fraction of sp³-hybridized carbons (Fsp3) is 0.158. The first-order valence-corrected chi connectivity index (χ1v) is 9.04. The van der Waals surface area contributed by atoms with Gasteiger partial charge < -0.3 is 9.64 Å². The summed E-state index contributed by atoms with van der Waals surface area (Å²) in [5.74, 6) is 0.668. The highest BCUT2D eigenvalue weighted by atomic mass is 35.5. The maximum absolute atomic E-state index is 12.5. The normalized spacial score (nSPS) is 10.5. The first-order chi connectivity index (χ1) is 12.1. The minimum absolute atomic E-state index is 0.124. The molecule has 1 aromatic heterocycles. The molecule has 0 radical (unpaired) electrons. The zero-order valence-electron chi connectivity index (χ0n) is 13.7. The van der Waals surface area contributed by atoms with E-state index in [2.05, 4.69) is 4.98 Å². The van der Waals surface area contributed by atoms with Gasteiger partial charge in [0.2, 0.25) is 0 Å². The Labute approximate surface area is 155 Å². The molecule has 0 aliphatic heterocycles. The highest BCUT2D eigenvalue weighted by molar-refractivity contribution is 7.13. The molecular formula is C19H17ClN2O2S. The molecule has 25 heavy (non-hydrogen) atoms. The summed E-state index contributed by atoms with van der Waals surface area (Å²) in [4.78, 5) is 18.5. The van der Waals surface area contributed by atoms with Crippen LogP contribution in [0.1, 0.15) is 10.5 Å². The van der Waals surface area contributed by atoms with Gasteiger partial charge in [-0.1, -0.05) is 41.9 Å². The number of nitrogens with zero attached hydrogens (tertiary/aromatic N) is 2. The van der Waals surface area contributed by atoms with Crippen LogP contribution in [0.25, 0.3) is 10.6 Å². The molecule has 4 nitrogen and oxygen atoms in total. The van der Waals surface area contributed by atoms with Crippen LogP contribution in [-0.4, -0.2) is 36.0 Å². The Hall–Kier alpha value is -2.37. The second-order valence-corrected chi connectivity index (χ2v) is 6.73. The number of benzene rings is 2. The number of amides is 1. The number of ether oxygens (including phenoxy) is 1. The lowest BCUT2D eigenvalue weighted by Crippen LogP contribution is -2.31. The number of carbonyl (C=O) groups is 1. The Kier molecular flexibility index (Phi) is 5.68. The molecule has 0 saturated heterocycles. The van der Waals surface area contributed by atoms with Crippen molar-refractivity contribution < 1.29 is 9.53 Å². The fourth-order valence-electron chi connectivity index (χ4n) is 2.24. The number of carbonyl (C=O) groups excluding carboxylic acids is 1. The number of hydrogen-bond acceptors (Lipinski definition) is 4. The number of thiazole rings is 1. The van der Waals surface area contributed by atoms with Gasteiger partial charge in [0.15, 0.2) is 0 Å². The maximum Gasteiger partial charge on any atom is 0.273 e. The average molecular weight is 373 g/mol. The summed E-state index contributed by atoms with van der Waals surface area (Å²) in [6, 6.07) is 17.0. The van der Waals surface area contributed by atoms with Gasteiger partial charge in [-0.2, -0.15) is 0 Å². The Morgan fingerprint density at radius 1 is 1.20 bits per heavy atom. The average Bonchev–Trinajstić information content (AvgIpc) is 3.12. The van der Waals surface area contributed by atoms with E-state index in [0.717, 1.165) is 16.3 Å². The zero-order valence-corrected chi connectivity index (χ0v) is 15.3. The summed E-state index contributed by atoms with van der Waals surface area (Å²) in [7, 11) is 1.75. The van der Waals surface area contributed by atoms with Gasteiger partial charge in [-0.25, -0.2) is 4.98 Å². The number of rotatable bonds is 6. The summed E-state index contributed by atoms with van der Waals surface area (Å²) in [5, 5.41) is 3.20. The van der Waals surface area contributed by atoms with Crippen molar-refractivity contribution in [2.45, 2.75) is 0 Å². The van der Waals surface area contributed by atoms with Crippen molar-refractivity contribution in [3.05, 3.63) is 70.7 Å². The topological polar surface area (TPSA) is 42.4 Å². The van der Waals surface area contributed by atoms with Crippen LogP contribution in [0.15, 0.2) is 60.0 Å². The third-order valence-corrected chi connectivity index (χ3v) is 4.71. The molecule has 128 valence electrons. The molecule has 0 spiro atoms. The van der Waals surface area contributed by atoms with E-state index < -0.39 is 0 Å². The highest BCUT2D eigenvalue weighted by Gasteiger charge is 2.16. The molecule has 0 aliphatic rings. The predicted octanol–water partition coefficient (Wildman–Crippen LogP) is 4.61. The lowest BCUT2D eigenvalue weighted by molar-refractivity contribution is 0.0769. The Bertz CT molecular complexity index is 851. The number of halogens is 1. The van der Waals surface area contributed by atoms with Gasteiger partial charge in [0.25, 0.3) is 5.91 Å². The van der Waals surface area contributed by atoms with Crippen LogP contribution in [-0.2, 0) is 0 Å². The van der Waals surface area contributed by atoms with E-state index in [1.165, 1.54) is 11.3 Å². The van der Waals surface area contributed by atoms with Crippen molar-refractivity contribution in [1.29, 1.82) is 0 Å². The Balaban J connectivity index is 1.59. The van der Waals surface area contributed by atoms with Crippen LogP contribution < -0.4 is 4.74 Å². The van der Waals surface area contributed by atoms with Crippen molar-refractivity contribution in [2.75, 3.05) is 20.2 Å². The summed E-state index contributed by atoms with van der Waals surface area (Å²) in [5.41, 5.74) is 1.34. The van der Waals surface area contributed by atoms with E-state index in [-0.39, 0.29) is 5.91 Å². The SMILES string of the molecule is CN(CCOc1ccccc1)C(=O)c1csc(-c2cccc(Cl)c2)n1. The third-order valence-electron chi connectivity index (χ3n) is 3.58. The van der Waals surface area contributed by atoms with E-state index in [4.69, 9.17) is 16.3 Å². The summed E-state index contributed by atoms with van der Waals surface area (Å²) in [6.07, 6.45) is 0. The van der Waals surface area contributed by atoms with Gasteiger partial charge in [0, 0.05) is 23.0 Å². The lowest BCUT2D eigenvalue weighted by atomic mass is 10.2. The van der Waals surface area contributed by atoms with E-state index in [0.29, 0.717) is 23.9 Å². The minimum atomic E-state index is -0.124. The van der Waals surface area contributed by atoms with Crippen molar-refractivity contribution in [3.8, 4) is 16.3 Å². The van der Waals surface area contributed by atoms with E-state index in [9.17, 15) is 4.79 Å². The summed E-state index contributed by atoms with van der Waals surface area (Å²) < 4.78 is 5.62. The summed E-state index contributed by atoms with van der Waals surface area (Å²) >= 11 is 7.44. The van der Waals surface area contributed by atoms with Crippen molar-refractivity contribution >= 4 is 28.8 Å². The number of hydrogen-bond donors (Lipinski definition) is 0. The van der Waals surface area contributed by atoms with Crippen LogP contribution in [0.5, 0.6) is 5.75 Å². The van der Waals surface area contributed by atoms with Crippen molar-refractivity contribution in [3.63, 3.8) is 0 Å². The van der Waals surface area contributed by atoms with E-state index >= 15 is 0 Å². The van der Waals surface area contributed by atoms with Crippen LogP contribution in [0.2, 0.25) is 5.02 Å². The molecule has 0 saturated carbocycles. The van der Waals surface area contributed by atoms with Gasteiger partial charge in [0.1, 0.15) is 23.1 Å². The largest absolute Gasteiger partial charge is 0.492 e. The molecule has 2 aromatic carbocycles. The molecule has 6 heteroatoms. The first kappa shape index (κ1) is 17.5. The van der Waals surface area contributed by atoms with Crippen molar-refractivity contribution in [1.82, 2.24) is 9.88 Å². The highest BCUT2D eigenvalue weighted by Crippen LogP contribution is 2.26. The molecule has 1 amide bonds. The van der Waals surface area contributed by atoms with Crippen LogP contribution in [0, 0.1) is 0 Å². The zero-order chi connectivity index (χ0) is 17.6. The maximum atomic E-state index is 12.5. The molecule has 0 fully saturated rings. The van der Waals surface area contributed by atoms with Gasteiger partial charge in [-0.05, 0) is 24.3 Å². The quantitative estimate of drug-likeness (QED) is 0.634. The van der Waals surface area contributed by atoms with E-state index in [1.54, 1.807) is 17.3 Å². The van der Waals surface area contributed by atoms with Gasteiger partial charge in [0.05, 0.1) is 6.54 Å².